The van der Waals surface area contributed by atoms with Gasteiger partial charge in [0.25, 0.3) is 0 Å². The summed E-state index contributed by atoms with van der Waals surface area (Å²) in [6.45, 7) is 12.8. The minimum Gasteiger partial charge on any atom is -0.463 e. The van der Waals surface area contributed by atoms with Gasteiger partial charge in [-0.25, -0.2) is 0 Å². The lowest BCUT2D eigenvalue weighted by molar-refractivity contribution is -0.154. The van der Waals surface area contributed by atoms with E-state index in [2.05, 4.69) is 27.7 Å². The molecule has 2 aliphatic rings. The summed E-state index contributed by atoms with van der Waals surface area (Å²) in [5, 5.41) is 0. The van der Waals surface area contributed by atoms with E-state index in [0.29, 0.717) is 41.8 Å². The number of rotatable bonds is 5. The molecule has 0 bridgehead atoms. The third-order valence-electron chi connectivity index (χ3n) is 7.19. The first-order valence-electron chi connectivity index (χ1n) is 9.99. The van der Waals surface area contributed by atoms with Gasteiger partial charge in [-0.3, -0.25) is 9.59 Å². The van der Waals surface area contributed by atoms with Gasteiger partial charge in [0.05, 0.1) is 6.10 Å². The highest BCUT2D eigenvalue weighted by atomic mass is 16.5. The van der Waals surface area contributed by atoms with Gasteiger partial charge in [0, 0.05) is 18.3 Å². The monoisotopic (exact) mass is 336 g/mol. The van der Waals surface area contributed by atoms with Crippen LogP contribution in [0.3, 0.4) is 0 Å². The van der Waals surface area contributed by atoms with Gasteiger partial charge < -0.3 is 4.74 Å². The van der Waals surface area contributed by atoms with Crippen LogP contribution in [0.15, 0.2) is 0 Å². The lowest BCUT2D eigenvalue weighted by Crippen LogP contribution is -2.44. The first kappa shape index (κ1) is 19.5. The van der Waals surface area contributed by atoms with Gasteiger partial charge in [0.2, 0.25) is 0 Å². The van der Waals surface area contributed by atoms with Gasteiger partial charge in [-0.2, -0.15) is 0 Å². The van der Waals surface area contributed by atoms with Crippen LogP contribution in [0.5, 0.6) is 0 Å². The van der Waals surface area contributed by atoms with E-state index in [-0.39, 0.29) is 23.9 Å². The zero-order chi connectivity index (χ0) is 18.0. The first-order chi connectivity index (χ1) is 11.3. The van der Waals surface area contributed by atoms with Crippen LogP contribution in [-0.2, 0) is 14.3 Å². The molecule has 2 aliphatic carbocycles. The molecule has 2 fully saturated rings. The third-order valence-corrected chi connectivity index (χ3v) is 7.19. The summed E-state index contributed by atoms with van der Waals surface area (Å²) in [5.74, 6) is 2.99. The molecule has 2 saturated carbocycles. The number of esters is 1. The number of carbonyl (C=O) groups is 2. The van der Waals surface area contributed by atoms with Crippen molar-refractivity contribution in [2.45, 2.75) is 79.8 Å². The fourth-order valence-electron chi connectivity index (χ4n) is 4.73. The standard InChI is InChI=1S/C21H36O3/c1-7-14(4)24-20(22)11-18-13(3)10-19(18)17-9-8-12(2)15(5)16(6)21(17)23/h12-19H,7-11H2,1-6H3. The Morgan fingerprint density at radius 1 is 1.17 bits per heavy atom. The second-order valence-electron chi connectivity index (χ2n) is 8.66. The molecular formula is C21H36O3. The van der Waals surface area contributed by atoms with E-state index in [1.165, 1.54) is 0 Å². The molecule has 138 valence electrons. The minimum atomic E-state index is -0.0817. The summed E-state index contributed by atoms with van der Waals surface area (Å²) in [4.78, 5) is 25.2. The summed E-state index contributed by atoms with van der Waals surface area (Å²) >= 11 is 0. The Balaban J connectivity index is 2.02. The second-order valence-corrected chi connectivity index (χ2v) is 8.66. The molecule has 0 aromatic carbocycles. The Morgan fingerprint density at radius 3 is 2.42 bits per heavy atom. The fourth-order valence-corrected chi connectivity index (χ4v) is 4.73. The molecule has 8 atom stereocenters. The summed E-state index contributed by atoms with van der Waals surface area (Å²) in [6.07, 6.45) is 4.56. The maximum absolute atomic E-state index is 13.0. The number of carbonyl (C=O) groups excluding carboxylic acids is 2. The van der Waals surface area contributed by atoms with Gasteiger partial charge in [0.1, 0.15) is 5.78 Å². The average Bonchev–Trinajstić information content (AvgIpc) is 2.64. The molecule has 0 N–H and O–H groups in total. The normalized spacial score (nSPS) is 41.2. The van der Waals surface area contributed by atoms with Crippen molar-refractivity contribution in [2.75, 3.05) is 0 Å². The van der Waals surface area contributed by atoms with Crippen LogP contribution < -0.4 is 0 Å². The molecular weight excluding hydrogens is 300 g/mol. The van der Waals surface area contributed by atoms with E-state index in [9.17, 15) is 9.59 Å². The van der Waals surface area contributed by atoms with Crippen molar-refractivity contribution in [3.05, 3.63) is 0 Å². The summed E-state index contributed by atoms with van der Waals surface area (Å²) in [5.41, 5.74) is 0. The van der Waals surface area contributed by atoms with E-state index in [1.54, 1.807) is 0 Å². The van der Waals surface area contributed by atoms with Crippen molar-refractivity contribution in [3.63, 3.8) is 0 Å². The predicted octanol–water partition coefficient (Wildman–Crippen LogP) is 4.88. The average molecular weight is 337 g/mol. The molecule has 0 amide bonds. The van der Waals surface area contributed by atoms with Crippen molar-refractivity contribution in [1.82, 2.24) is 0 Å². The van der Waals surface area contributed by atoms with Gasteiger partial charge in [-0.15, -0.1) is 0 Å². The lowest BCUT2D eigenvalue weighted by atomic mass is 9.57. The van der Waals surface area contributed by atoms with Gasteiger partial charge in [0.15, 0.2) is 0 Å². The number of ether oxygens (including phenoxy) is 1. The Bertz CT molecular complexity index is 458. The smallest absolute Gasteiger partial charge is 0.306 e. The highest BCUT2D eigenvalue weighted by Crippen LogP contribution is 2.50. The molecule has 8 unspecified atom stereocenters. The first-order valence-corrected chi connectivity index (χ1v) is 9.99. The van der Waals surface area contributed by atoms with Crippen LogP contribution in [0.25, 0.3) is 0 Å². The molecule has 3 heteroatoms. The fraction of sp³-hybridized carbons (Fsp3) is 0.905. The van der Waals surface area contributed by atoms with Gasteiger partial charge >= 0.3 is 5.97 Å². The van der Waals surface area contributed by atoms with Gasteiger partial charge in [-0.05, 0) is 62.2 Å². The summed E-state index contributed by atoms with van der Waals surface area (Å²) in [7, 11) is 0. The Hall–Kier alpha value is -0.860. The highest BCUT2D eigenvalue weighted by Gasteiger charge is 2.48. The Labute approximate surface area is 147 Å². The van der Waals surface area contributed by atoms with Crippen LogP contribution in [0.4, 0.5) is 0 Å². The maximum atomic E-state index is 13.0. The lowest BCUT2D eigenvalue weighted by Gasteiger charge is -2.47. The van der Waals surface area contributed by atoms with E-state index >= 15 is 0 Å². The third kappa shape index (κ3) is 4.03. The molecule has 0 spiro atoms. The van der Waals surface area contributed by atoms with Gasteiger partial charge in [-0.1, -0.05) is 34.6 Å². The maximum Gasteiger partial charge on any atom is 0.306 e. The summed E-state index contributed by atoms with van der Waals surface area (Å²) in [6, 6.07) is 0. The molecule has 2 rings (SSSR count). The quantitative estimate of drug-likeness (QED) is 0.531. The van der Waals surface area contributed by atoms with Crippen LogP contribution in [0.1, 0.15) is 73.6 Å². The number of ketones is 1. The summed E-state index contributed by atoms with van der Waals surface area (Å²) < 4.78 is 5.47. The van der Waals surface area contributed by atoms with E-state index < -0.39 is 0 Å². The van der Waals surface area contributed by atoms with Crippen molar-refractivity contribution >= 4 is 11.8 Å². The Morgan fingerprint density at radius 2 is 1.83 bits per heavy atom. The van der Waals surface area contributed by atoms with Crippen LogP contribution in [-0.4, -0.2) is 17.9 Å². The molecule has 0 radical (unpaired) electrons. The molecule has 24 heavy (non-hydrogen) atoms. The van der Waals surface area contributed by atoms with Crippen LogP contribution >= 0.6 is 0 Å². The van der Waals surface area contributed by atoms with Crippen molar-refractivity contribution < 1.29 is 14.3 Å². The predicted molar refractivity (Wildman–Crippen MR) is 96.4 cm³/mol. The van der Waals surface area contributed by atoms with E-state index in [4.69, 9.17) is 4.74 Å². The van der Waals surface area contributed by atoms with Crippen LogP contribution in [0.2, 0.25) is 0 Å². The topological polar surface area (TPSA) is 43.4 Å². The van der Waals surface area contributed by atoms with E-state index in [0.717, 1.165) is 25.7 Å². The van der Waals surface area contributed by atoms with Crippen molar-refractivity contribution in [2.24, 2.45) is 41.4 Å². The van der Waals surface area contributed by atoms with Crippen LogP contribution in [0, 0.1) is 41.4 Å². The second kappa shape index (κ2) is 8.01. The molecule has 3 nitrogen and oxygen atoms in total. The number of Topliss-reactive ketones (excluding diaryl/α,β-unsaturated/α-hetero) is 1. The molecule has 0 saturated heterocycles. The Kier molecular flexibility index (Phi) is 6.50. The molecule has 0 aromatic rings. The zero-order valence-corrected chi connectivity index (χ0v) is 16.4. The van der Waals surface area contributed by atoms with Crippen molar-refractivity contribution in [3.8, 4) is 0 Å². The number of hydrogen-bond acceptors (Lipinski definition) is 3. The van der Waals surface area contributed by atoms with E-state index in [1.807, 2.05) is 13.8 Å². The molecule has 0 aliphatic heterocycles. The SMILES string of the molecule is CCC(C)OC(=O)CC1C(C)CC1C1CCC(C)C(C)C(C)C1=O. The largest absolute Gasteiger partial charge is 0.463 e. The number of hydrogen-bond donors (Lipinski definition) is 0. The zero-order valence-electron chi connectivity index (χ0n) is 16.4. The van der Waals surface area contributed by atoms with Crippen molar-refractivity contribution in [1.29, 1.82) is 0 Å². The highest BCUT2D eigenvalue weighted by molar-refractivity contribution is 5.84. The molecule has 0 heterocycles. The molecule has 0 aromatic heterocycles. The minimum absolute atomic E-state index is 0.00688.